The van der Waals surface area contributed by atoms with Crippen molar-refractivity contribution in [3.05, 3.63) is 36.2 Å². The van der Waals surface area contributed by atoms with Gasteiger partial charge in [0.05, 0.1) is 19.3 Å². The molecule has 0 saturated heterocycles. The minimum Gasteiger partial charge on any atom is -0.492 e. The number of hydrogen-bond acceptors (Lipinski definition) is 4. The highest BCUT2D eigenvalue weighted by Crippen LogP contribution is 2.25. The first-order valence-electron chi connectivity index (χ1n) is 6.84. The number of nitrogens with one attached hydrogen (secondary N) is 2. The van der Waals surface area contributed by atoms with E-state index in [0.717, 1.165) is 22.6 Å². The van der Waals surface area contributed by atoms with Gasteiger partial charge in [0.25, 0.3) is 0 Å². The lowest BCUT2D eigenvalue weighted by atomic mass is 10.1. The normalized spacial score (nSPS) is 10.2. The summed E-state index contributed by atoms with van der Waals surface area (Å²) in [5.74, 6) is 0.749. The molecule has 2 N–H and O–H groups in total. The zero-order chi connectivity index (χ0) is 15.1. The fraction of sp³-hybridized carbons (Fsp3) is 0.333. The lowest BCUT2D eigenvalue weighted by Gasteiger charge is -2.09. The van der Waals surface area contributed by atoms with Gasteiger partial charge in [-0.05, 0) is 31.5 Å². The second-order valence-electron chi connectivity index (χ2n) is 4.43. The average Bonchev–Trinajstić information content (AvgIpc) is 2.90. The van der Waals surface area contributed by atoms with Crippen molar-refractivity contribution in [1.29, 1.82) is 0 Å². The standard InChI is InChI=1S/C15H19N3O3/c1-3-20-15(19)16-7-8-21-13-6-4-5-12(9-13)14-10-17-18-11(14)2/h4-6,9-10H,3,7-8H2,1-2H3,(H,16,19)(H,17,18). The highest BCUT2D eigenvalue weighted by Gasteiger charge is 2.05. The first kappa shape index (κ1) is 14.9. The van der Waals surface area contributed by atoms with Gasteiger partial charge >= 0.3 is 6.09 Å². The first-order chi connectivity index (χ1) is 10.2. The number of aryl methyl sites for hydroxylation is 1. The summed E-state index contributed by atoms with van der Waals surface area (Å²) in [6.45, 7) is 4.87. The molecule has 0 atom stereocenters. The third-order valence-electron chi connectivity index (χ3n) is 2.89. The van der Waals surface area contributed by atoms with E-state index in [4.69, 9.17) is 9.47 Å². The van der Waals surface area contributed by atoms with Crippen molar-refractivity contribution in [2.24, 2.45) is 0 Å². The number of H-pyrrole nitrogens is 1. The molecule has 1 aromatic heterocycles. The maximum absolute atomic E-state index is 11.1. The monoisotopic (exact) mass is 289 g/mol. The number of alkyl carbamates (subject to hydrolysis) is 1. The van der Waals surface area contributed by atoms with E-state index in [1.54, 1.807) is 13.1 Å². The van der Waals surface area contributed by atoms with Gasteiger partial charge in [0, 0.05) is 11.3 Å². The summed E-state index contributed by atoms with van der Waals surface area (Å²) >= 11 is 0. The third-order valence-corrected chi connectivity index (χ3v) is 2.89. The predicted octanol–water partition coefficient (Wildman–Crippen LogP) is 2.51. The van der Waals surface area contributed by atoms with Crippen LogP contribution in [0.4, 0.5) is 4.79 Å². The van der Waals surface area contributed by atoms with Gasteiger partial charge in [-0.15, -0.1) is 0 Å². The van der Waals surface area contributed by atoms with Crippen LogP contribution in [-0.2, 0) is 4.74 Å². The summed E-state index contributed by atoms with van der Waals surface area (Å²) in [4.78, 5) is 11.1. The number of ether oxygens (including phenoxy) is 2. The molecule has 6 nitrogen and oxygen atoms in total. The van der Waals surface area contributed by atoms with Crippen LogP contribution in [0.25, 0.3) is 11.1 Å². The Hall–Kier alpha value is -2.50. The molecule has 2 rings (SSSR count). The molecule has 0 bridgehead atoms. The number of amides is 1. The molecule has 0 radical (unpaired) electrons. The number of nitrogens with zero attached hydrogens (tertiary/aromatic N) is 1. The number of carbonyl (C=O) groups is 1. The number of carbonyl (C=O) groups excluding carboxylic acids is 1. The SMILES string of the molecule is CCOC(=O)NCCOc1cccc(-c2cn[nH]c2C)c1. The summed E-state index contributed by atoms with van der Waals surface area (Å²) < 4.78 is 10.4. The van der Waals surface area contributed by atoms with Crippen molar-refractivity contribution >= 4 is 6.09 Å². The zero-order valence-corrected chi connectivity index (χ0v) is 12.2. The van der Waals surface area contributed by atoms with Gasteiger partial charge in [0.1, 0.15) is 12.4 Å². The Morgan fingerprint density at radius 1 is 1.43 bits per heavy atom. The zero-order valence-electron chi connectivity index (χ0n) is 12.2. The van der Waals surface area contributed by atoms with Crippen LogP contribution in [0.2, 0.25) is 0 Å². The Morgan fingerprint density at radius 3 is 3.00 bits per heavy atom. The van der Waals surface area contributed by atoms with E-state index in [0.29, 0.717) is 19.8 Å². The number of rotatable bonds is 6. The topological polar surface area (TPSA) is 76.2 Å². The second-order valence-corrected chi connectivity index (χ2v) is 4.43. The molecular formula is C15H19N3O3. The minimum atomic E-state index is -0.427. The first-order valence-corrected chi connectivity index (χ1v) is 6.84. The van der Waals surface area contributed by atoms with Crippen LogP contribution in [0.15, 0.2) is 30.5 Å². The van der Waals surface area contributed by atoms with Gasteiger partial charge in [-0.2, -0.15) is 5.10 Å². The van der Waals surface area contributed by atoms with Gasteiger partial charge in [0.2, 0.25) is 0 Å². The molecule has 0 unspecified atom stereocenters. The molecule has 0 aliphatic carbocycles. The van der Waals surface area contributed by atoms with Crippen LogP contribution in [0.5, 0.6) is 5.75 Å². The largest absolute Gasteiger partial charge is 0.492 e. The molecule has 1 heterocycles. The Balaban J connectivity index is 1.87. The van der Waals surface area contributed by atoms with Crippen molar-refractivity contribution in [3.8, 4) is 16.9 Å². The number of benzene rings is 1. The smallest absolute Gasteiger partial charge is 0.407 e. The summed E-state index contributed by atoms with van der Waals surface area (Å²) in [5, 5.41) is 9.53. The van der Waals surface area contributed by atoms with Crippen molar-refractivity contribution < 1.29 is 14.3 Å². The predicted molar refractivity (Wildman–Crippen MR) is 79.3 cm³/mol. The molecule has 1 aromatic carbocycles. The van der Waals surface area contributed by atoms with E-state index in [9.17, 15) is 4.79 Å². The van der Waals surface area contributed by atoms with Crippen molar-refractivity contribution in [3.63, 3.8) is 0 Å². The van der Waals surface area contributed by atoms with Crippen LogP contribution in [-0.4, -0.2) is 36.0 Å². The van der Waals surface area contributed by atoms with E-state index in [2.05, 4.69) is 15.5 Å². The quantitative estimate of drug-likeness (QED) is 0.801. The molecule has 0 spiro atoms. The lowest BCUT2D eigenvalue weighted by molar-refractivity contribution is 0.150. The molecule has 21 heavy (non-hydrogen) atoms. The van der Waals surface area contributed by atoms with Gasteiger partial charge < -0.3 is 14.8 Å². The maximum atomic E-state index is 11.1. The van der Waals surface area contributed by atoms with Crippen molar-refractivity contribution in [2.75, 3.05) is 19.8 Å². The number of hydrogen-bond donors (Lipinski definition) is 2. The fourth-order valence-corrected chi connectivity index (χ4v) is 1.90. The van der Waals surface area contributed by atoms with Crippen LogP contribution in [0.1, 0.15) is 12.6 Å². The van der Waals surface area contributed by atoms with Crippen LogP contribution in [0.3, 0.4) is 0 Å². The maximum Gasteiger partial charge on any atom is 0.407 e. The molecule has 6 heteroatoms. The molecule has 0 saturated carbocycles. The van der Waals surface area contributed by atoms with Gasteiger partial charge in [-0.1, -0.05) is 12.1 Å². The molecule has 0 aliphatic rings. The Labute approximate surface area is 123 Å². The molecule has 2 aromatic rings. The highest BCUT2D eigenvalue weighted by molar-refractivity contribution is 5.67. The Bertz CT molecular complexity index is 595. The van der Waals surface area contributed by atoms with Crippen LogP contribution >= 0.6 is 0 Å². The number of aromatic amines is 1. The Kier molecular flexibility index (Phi) is 5.20. The van der Waals surface area contributed by atoms with Crippen molar-refractivity contribution in [2.45, 2.75) is 13.8 Å². The molecular weight excluding hydrogens is 270 g/mol. The second kappa shape index (κ2) is 7.33. The summed E-state index contributed by atoms with van der Waals surface area (Å²) in [5.41, 5.74) is 3.10. The lowest BCUT2D eigenvalue weighted by Crippen LogP contribution is -2.28. The third kappa shape index (κ3) is 4.24. The number of aromatic nitrogens is 2. The highest BCUT2D eigenvalue weighted by atomic mass is 16.5. The molecule has 0 fully saturated rings. The van der Waals surface area contributed by atoms with Gasteiger partial charge in [-0.3, -0.25) is 5.10 Å². The average molecular weight is 289 g/mol. The van der Waals surface area contributed by atoms with E-state index in [1.807, 2.05) is 31.2 Å². The molecule has 0 aliphatic heterocycles. The molecule has 112 valence electrons. The van der Waals surface area contributed by atoms with Crippen molar-refractivity contribution in [1.82, 2.24) is 15.5 Å². The summed E-state index contributed by atoms with van der Waals surface area (Å²) in [6, 6.07) is 7.75. The summed E-state index contributed by atoms with van der Waals surface area (Å²) in [6.07, 6.45) is 1.36. The Morgan fingerprint density at radius 2 is 2.29 bits per heavy atom. The molecule has 1 amide bonds. The van der Waals surface area contributed by atoms with E-state index in [1.165, 1.54) is 0 Å². The van der Waals surface area contributed by atoms with E-state index < -0.39 is 6.09 Å². The minimum absolute atomic E-state index is 0.360. The van der Waals surface area contributed by atoms with E-state index in [-0.39, 0.29) is 0 Å². The van der Waals surface area contributed by atoms with Crippen LogP contribution in [0, 0.1) is 6.92 Å². The van der Waals surface area contributed by atoms with Gasteiger partial charge in [0.15, 0.2) is 0 Å². The van der Waals surface area contributed by atoms with Gasteiger partial charge in [-0.25, -0.2) is 4.79 Å². The summed E-state index contributed by atoms with van der Waals surface area (Å²) in [7, 11) is 0. The fourth-order valence-electron chi connectivity index (χ4n) is 1.90. The van der Waals surface area contributed by atoms with Crippen LogP contribution < -0.4 is 10.1 Å². The van der Waals surface area contributed by atoms with E-state index >= 15 is 0 Å².